The van der Waals surface area contributed by atoms with Gasteiger partial charge in [-0.05, 0) is 67.1 Å². The molecule has 140 valence electrons. The molecule has 0 heterocycles. The number of aryl methyl sites for hydroxylation is 2. The average Bonchev–Trinajstić information content (AvgIpc) is 2.60. The normalized spacial score (nSPS) is 14.5. The Bertz CT molecular complexity index is 1050. The zero-order chi connectivity index (χ0) is 18.9. The van der Waals surface area contributed by atoms with Gasteiger partial charge in [-0.15, -0.1) is 0 Å². The molecule has 0 spiro atoms. The van der Waals surface area contributed by atoms with Crippen molar-refractivity contribution >= 4 is 25.7 Å². The zero-order valence-corrected chi connectivity index (χ0v) is 15.9. The maximum Gasteiger partial charge on any atom is 0.261 e. The fourth-order valence-corrected chi connectivity index (χ4v) is 4.88. The van der Waals surface area contributed by atoms with Crippen LogP contribution < -0.4 is 14.6 Å². The molecule has 0 aliphatic heterocycles. The molecule has 1 aliphatic carbocycles. The second kappa shape index (κ2) is 6.90. The van der Waals surface area contributed by atoms with Gasteiger partial charge in [-0.25, -0.2) is 22.0 Å². The third-order valence-electron chi connectivity index (χ3n) is 4.35. The highest BCUT2D eigenvalue weighted by molar-refractivity contribution is 7.92. The van der Waals surface area contributed by atoms with Crippen molar-refractivity contribution in [2.45, 2.75) is 35.5 Å². The Labute approximate surface area is 153 Å². The number of primary sulfonamides is 1. The van der Waals surface area contributed by atoms with Gasteiger partial charge in [0.25, 0.3) is 10.0 Å². The van der Waals surface area contributed by atoms with E-state index in [1.807, 2.05) is 6.07 Å². The first-order valence-electron chi connectivity index (χ1n) is 8.06. The van der Waals surface area contributed by atoms with Crippen molar-refractivity contribution in [2.24, 2.45) is 5.14 Å². The Balaban J connectivity index is 1.95. The minimum absolute atomic E-state index is 0.0456. The van der Waals surface area contributed by atoms with Crippen LogP contribution in [-0.2, 0) is 32.9 Å². The monoisotopic (exact) mass is 396 g/mol. The summed E-state index contributed by atoms with van der Waals surface area (Å²) in [4.78, 5) is -0.142. The molecule has 0 saturated carbocycles. The van der Waals surface area contributed by atoms with Crippen LogP contribution in [0.25, 0.3) is 0 Å². The first kappa shape index (κ1) is 18.7. The maximum absolute atomic E-state index is 12.7. The lowest BCUT2D eigenvalue weighted by Gasteiger charge is -2.17. The summed E-state index contributed by atoms with van der Waals surface area (Å²) in [7, 11) is -6.61. The van der Waals surface area contributed by atoms with Gasteiger partial charge in [0.2, 0.25) is 10.0 Å². The predicted octanol–water partition coefficient (Wildman–Crippen LogP) is 2.02. The number of hydrogen-bond donors (Lipinski definition) is 2. The van der Waals surface area contributed by atoms with Crippen molar-refractivity contribution in [1.29, 1.82) is 0 Å². The van der Waals surface area contributed by atoms with Crippen LogP contribution in [0, 0.1) is 0 Å². The number of methoxy groups -OCH3 is 1. The van der Waals surface area contributed by atoms with Gasteiger partial charge in [0, 0.05) is 0 Å². The number of sulfonamides is 2. The molecule has 0 bridgehead atoms. The summed E-state index contributed by atoms with van der Waals surface area (Å²) >= 11 is 0. The lowest BCUT2D eigenvalue weighted by atomic mass is 9.92. The molecule has 0 amide bonds. The van der Waals surface area contributed by atoms with Crippen LogP contribution >= 0.6 is 0 Å². The van der Waals surface area contributed by atoms with Gasteiger partial charge in [-0.2, -0.15) is 0 Å². The fourth-order valence-electron chi connectivity index (χ4n) is 3.05. The molecule has 0 atom stereocenters. The van der Waals surface area contributed by atoms with Crippen molar-refractivity contribution in [3.05, 3.63) is 47.5 Å². The van der Waals surface area contributed by atoms with E-state index in [4.69, 9.17) is 9.88 Å². The Morgan fingerprint density at radius 1 is 0.962 bits per heavy atom. The third-order valence-corrected chi connectivity index (χ3v) is 6.66. The smallest absolute Gasteiger partial charge is 0.261 e. The second-order valence-corrected chi connectivity index (χ2v) is 9.37. The van der Waals surface area contributed by atoms with E-state index in [0.29, 0.717) is 0 Å². The largest absolute Gasteiger partial charge is 0.495 e. The first-order chi connectivity index (χ1) is 12.2. The third kappa shape index (κ3) is 3.84. The molecular weight excluding hydrogens is 376 g/mol. The van der Waals surface area contributed by atoms with Gasteiger partial charge in [-0.1, -0.05) is 6.07 Å². The van der Waals surface area contributed by atoms with Crippen LogP contribution in [0.1, 0.15) is 24.0 Å². The first-order valence-corrected chi connectivity index (χ1v) is 11.1. The number of rotatable bonds is 5. The van der Waals surface area contributed by atoms with Crippen molar-refractivity contribution in [3.63, 3.8) is 0 Å². The molecule has 9 heteroatoms. The van der Waals surface area contributed by atoms with E-state index >= 15 is 0 Å². The SMILES string of the molecule is COc1ccc(NS(=O)(=O)c2ccc3c(c2)CCCC3)cc1S(N)(=O)=O. The van der Waals surface area contributed by atoms with Gasteiger partial charge in [0.1, 0.15) is 10.6 Å². The molecule has 2 aromatic carbocycles. The minimum atomic E-state index is -4.06. The van der Waals surface area contributed by atoms with Crippen LogP contribution in [0.4, 0.5) is 5.69 Å². The number of anilines is 1. The van der Waals surface area contributed by atoms with Crippen molar-refractivity contribution < 1.29 is 21.6 Å². The Morgan fingerprint density at radius 2 is 1.65 bits per heavy atom. The molecule has 3 N–H and O–H groups in total. The lowest BCUT2D eigenvalue weighted by molar-refractivity contribution is 0.403. The van der Waals surface area contributed by atoms with Gasteiger partial charge < -0.3 is 4.74 Å². The summed E-state index contributed by atoms with van der Waals surface area (Å²) in [6.07, 6.45) is 3.97. The van der Waals surface area contributed by atoms with Gasteiger partial charge >= 0.3 is 0 Å². The molecular formula is C17H20N2O5S2. The van der Waals surface area contributed by atoms with Gasteiger partial charge in [0.15, 0.2) is 0 Å². The number of fused-ring (bicyclic) bond motifs is 1. The van der Waals surface area contributed by atoms with E-state index in [2.05, 4.69) is 4.72 Å². The van der Waals surface area contributed by atoms with E-state index in [0.717, 1.165) is 37.3 Å². The van der Waals surface area contributed by atoms with E-state index in [1.165, 1.54) is 24.8 Å². The molecule has 0 saturated heterocycles. The summed E-state index contributed by atoms with van der Waals surface area (Å²) in [5, 5.41) is 5.17. The van der Waals surface area contributed by atoms with E-state index in [-0.39, 0.29) is 21.2 Å². The summed E-state index contributed by atoms with van der Waals surface area (Å²) in [5.74, 6) is 0.0456. The van der Waals surface area contributed by atoms with Crippen LogP contribution in [0.15, 0.2) is 46.2 Å². The molecule has 3 rings (SSSR count). The average molecular weight is 396 g/mol. The Morgan fingerprint density at radius 3 is 2.31 bits per heavy atom. The molecule has 7 nitrogen and oxygen atoms in total. The number of nitrogens with two attached hydrogens (primary N) is 1. The second-order valence-electron chi connectivity index (χ2n) is 6.15. The number of nitrogens with one attached hydrogen (secondary N) is 1. The van der Waals surface area contributed by atoms with E-state index in [9.17, 15) is 16.8 Å². The number of benzene rings is 2. The summed E-state index contributed by atoms with van der Waals surface area (Å²) in [6, 6.07) is 9.00. The zero-order valence-electron chi connectivity index (χ0n) is 14.2. The Kier molecular flexibility index (Phi) is 4.96. The highest BCUT2D eigenvalue weighted by Gasteiger charge is 2.20. The minimum Gasteiger partial charge on any atom is -0.495 e. The van der Waals surface area contributed by atoms with Gasteiger partial charge in [0.05, 0.1) is 17.7 Å². The fraction of sp³-hybridized carbons (Fsp3) is 0.294. The highest BCUT2D eigenvalue weighted by Crippen LogP contribution is 2.29. The standard InChI is InChI=1S/C17H20N2O5S2/c1-24-16-9-7-14(11-17(16)25(18,20)21)19-26(22,23)15-8-6-12-4-2-3-5-13(12)10-15/h6-11,19H,2-5H2,1H3,(H2,18,20,21). The number of ether oxygens (including phenoxy) is 1. The quantitative estimate of drug-likeness (QED) is 0.802. The van der Waals surface area contributed by atoms with Crippen molar-refractivity contribution in [2.75, 3.05) is 11.8 Å². The molecule has 2 aromatic rings. The number of hydrogen-bond acceptors (Lipinski definition) is 5. The van der Waals surface area contributed by atoms with Crippen molar-refractivity contribution in [3.8, 4) is 5.75 Å². The van der Waals surface area contributed by atoms with Crippen molar-refractivity contribution in [1.82, 2.24) is 0 Å². The topological polar surface area (TPSA) is 116 Å². The maximum atomic E-state index is 12.7. The summed E-state index contributed by atoms with van der Waals surface area (Å²) in [6.45, 7) is 0. The summed E-state index contributed by atoms with van der Waals surface area (Å²) in [5.41, 5.74) is 2.31. The highest BCUT2D eigenvalue weighted by atomic mass is 32.2. The van der Waals surface area contributed by atoms with Gasteiger partial charge in [-0.3, -0.25) is 4.72 Å². The van der Waals surface area contributed by atoms with E-state index in [1.54, 1.807) is 12.1 Å². The molecule has 0 fully saturated rings. The Hall–Kier alpha value is -2.10. The molecule has 1 aliphatic rings. The lowest BCUT2D eigenvalue weighted by Crippen LogP contribution is -2.16. The van der Waals surface area contributed by atoms with Crippen LogP contribution in [0.3, 0.4) is 0 Å². The predicted molar refractivity (Wildman–Crippen MR) is 98.3 cm³/mol. The molecule has 0 radical (unpaired) electrons. The molecule has 0 unspecified atom stereocenters. The molecule has 0 aromatic heterocycles. The summed E-state index contributed by atoms with van der Waals surface area (Å²) < 4.78 is 56.1. The molecule has 26 heavy (non-hydrogen) atoms. The van der Waals surface area contributed by atoms with Crippen LogP contribution in [-0.4, -0.2) is 23.9 Å². The van der Waals surface area contributed by atoms with Crippen LogP contribution in [0.5, 0.6) is 5.75 Å². The van der Waals surface area contributed by atoms with E-state index < -0.39 is 20.0 Å². The van der Waals surface area contributed by atoms with Crippen LogP contribution in [0.2, 0.25) is 0 Å².